The first kappa shape index (κ1) is 21.4. The lowest BCUT2D eigenvalue weighted by molar-refractivity contribution is 0.0947. The van der Waals surface area contributed by atoms with E-state index < -0.39 is 11.7 Å². The van der Waals surface area contributed by atoms with Crippen LogP contribution in [0.25, 0.3) is 22.4 Å². The van der Waals surface area contributed by atoms with Crippen LogP contribution in [0.2, 0.25) is 5.02 Å². The van der Waals surface area contributed by atoms with Gasteiger partial charge in [-0.05, 0) is 28.5 Å². The first-order valence-electron chi connectivity index (χ1n) is 10.1. The average Bonchev–Trinajstić information content (AvgIpc) is 3.54. The van der Waals surface area contributed by atoms with Crippen molar-refractivity contribution in [2.75, 3.05) is 5.32 Å². The molecule has 2 aromatic carbocycles. The Labute approximate surface area is 196 Å². The van der Waals surface area contributed by atoms with Crippen molar-refractivity contribution >= 4 is 34.4 Å². The smallest absolute Gasteiger partial charge is 0.272 e. The molecule has 0 saturated heterocycles. The third-order valence-corrected chi connectivity index (χ3v) is 5.31. The molecule has 1 amide bonds. The summed E-state index contributed by atoms with van der Waals surface area (Å²) in [5.74, 6) is 0.0524. The molecule has 170 valence electrons. The van der Waals surface area contributed by atoms with Gasteiger partial charge in [-0.1, -0.05) is 41.9 Å². The van der Waals surface area contributed by atoms with Crippen molar-refractivity contribution in [2.24, 2.45) is 0 Å². The van der Waals surface area contributed by atoms with Gasteiger partial charge in [0.15, 0.2) is 11.5 Å². The summed E-state index contributed by atoms with van der Waals surface area (Å²) < 4.78 is 13.3. The highest BCUT2D eigenvalue weighted by Gasteiger charge is 2.17. The lowest BCUT2D eigenvalue weighted by Gasteiger charge is -2.07. The number of nitrogens with one attached hydrogen (secondary N) is 4. The maximum Gasteiger partial charge on any atom is 0.272 e. The molecular weight excluding hydrogens is 463 g/mol. The van der Waals surface area contributed by atoms with E-state index in [2.05, 4.69) is 51.4 Å². The van der Waals surface area contributed by atoms with E-state index in [-0.39, 0.29) is 17.3 Å². The molecule has 0 saturated carbocycles. The number of rotatable bonds is 7. The van der Waals surface area contributed by atoms with E-state index >= 15 is 0 Å². The maximum atomic E-state index is 13.3. The molecule has 11 nitrogen and oxygen atoms in total. The fourth-order valence-corrected chi connectivity index (χ4v) is 3.49. The van der Waals surface area contributed by atoms with Gasteiger partial charge in [0.25, 0.3) is 5.91 Å². The zero-order valence-corrected chi connectivity index (χ0v) is 18.1. The molecule has 0 radical (unpaired) electrons. The molecule has 3 heterocycles. The number of hydrogen-bond donors (Lipinski definition) is 4. The van der Waals surface area contributed by atoms with E-state index in [1.807, 2.05) is 24.3 Å². The van der Waals surface area contributed by atoms with E-state index in [4.69, 9.17) is 11.6 Å². The first-order chi connectivity index (χ1) is 16.6. The molecule has 0 fully saturated rings. The number of tetrazole rings is 1. The van der Waals surface area contributed by atoms with Crippen LogP contribution in [0.15, 0.2) is 48.8 Å². The highest BCUT2D eigenvalue weighted by molar-refractivity contribution is 6.30. The molecule has 0 aliphatic heterocycles. The van der Waals surface area contributed by atoms with Gasteiger partial charge < -0.3 is 10.6 Å². The summed E-state index contributed by atoms with van der Waals surface area (Å²) in [6.45, 7) is 0.632. The van der Waals surface area contributed by atoms with Crippen molar-refractivity contribution in [3.63, 3.8) is 0 Å². The zero-order chi connectivity index (χ0) is 23.5. The van der Waals surface area contributed by atoms with Crippen LogP contribution in [-0.2, 0) is 13.1 Å². The summed E-state index contributed by atoms with van der Waals surface area (Å²) in [4.78, 5) is 21.0. The molecule has 0 aliphatic rings. The van der Waals surface area contributed by atoms with Gasteiger partial charge in [-0.3, -0.25) is 9.89 Å². The van der Waals surface area contributed by atoms with Gasteiger partial charge in [-0.25, -0.2) is 14.4 Å². The standard InChI is InChI=1S/C21H16ClFN10O/c22-14-7-12(3-6-15(14)23)9-25-21(34)18-16-17(26-10-27-18)20(29-28-16)24-8-11-1-4-13(5-2-11)19-30-32-33-31-19/h1-7,10H,8-9H2,(H,25,34)(H2,24,28,29)(H,30,31,32,33). The van der Waals surface area contributed by atoms with Gasteiger partial charge in [-0.15, -0.1) is 10.2 Å². The lowest BCUT2D eigenvalue weighted by Crippen LogP contribution is -2.24. The molecule has 0 spiro atoms. The van der Waals surface area contributed by atoms with Crippen LogP contribution in [0, 0.1) is 5.82 Å². The molecule has 34 heavy (non-hydrogen) atoms. The Morgan fingerprint density at radius 3 is 2.62 bits per heavy atom. The molecule has 5 rings (SSSR count). The molecule has 0 bridgehead atoms. The minimum atomic E-state index is -0.519. The van der Waals surface area contributed by atoms with Crippen molar-refractivity contribution in [2.45, 2.75) is 13.1 Å². The van der Waals surface area contributed by atoms with Crippen molar-refractivity contribution in [3.8, 4) is 11.4 Å². The molecule has 0 atom stereocenters. The van der Waals surface area contributed by atoms with Gasteiger partial charge in [0, 0.05) is 18.7 Å². The summed E-state index contributed by atoms with van der Waals surface area (Å²) in [6, 6.07) is 11.9. The summed E-state index contributed by atoms with van der Waals surface area (Å²) >= 11 is 5.79. The van der Waals surface area contributed by atoms with Crippen molar-refractivity contribution in [1.82, 2.24) is 46.1 Å². The number of carbonyl (C=O) groups is 1. The van der Waals surface area contributed by atoms with Gasteiger partial charge in [0.1, 0.15) is 23.2 Å². The SMILES string of the molecule is O=C(NCc1ccc(F)c(Cl)c1)c1ncnc2c(NCc3ccc(-c4nn[nH]n4)cc3)n[nH]c12. The van der Waals surface area contributed by atoms with E-state index in [1.165, 1.54) is 18.5 Å². The van der Waals surface area contributed by atoms with Gasteiger partial charge in [0.05, 0.1) is 5.02 Å². The van der Waals surface area contributed by atoms with Gasteiger partial charge in [0.2, 0.25) is 5.82 Å². The Kier molecular flexibility index (Phi) is 5.79. The number of benzene rings is 2. The van der Waals surface area contributed by atoms with Crippen LogP contribution >= 0.6 is 11.6 Å². The quantitative estimate of drug-likeness (QED) is 0.279. The number of carbonyl (C=O) groups excluding carboxylic acids is 1. The molecular formula is C21H16ClFN10O. The van der Waals surface area contributed by atoms with Crippen LogP contribution in [0.3, 0.4) is 0 Å². The third kappa shape index (κ3) is 4.38. The molecule has 5 aromatic rings. The minimum absolute atomic E-state index is 0.00934. The fourth-order valence-electron chi connectivity index (χ4n) is 3.29. The van der Waals surface area contributed by atoms with Crippen LogP contribution in [0.5, 0.6) is 0 Å². The Balaban J connectivity index is 1.27. The summed E-state index contributed by atoms with van der Waals surface area (Å²) in [7, 11) is 0. The second-order valence-corrected chi connectivity index (χ2v) is 7.64. The predicted molar refractivity (Wildman–Crippen MR) is 121 cm³/mol. The summed E-state index contributed by atoms with van der Waals surface area (Å²) in [6.07, 6.45) is 1.30. The van der Waals surface area contributed by atoms with Crippen LogP contribution in [-0.4, -0.2) is 46.7 Å². The van der Waals surface area contributed by atoms with E-state index in [1.54, 1.807) is 6.07 Å². The van der Waals surface area contributed by atoms with E-state index in [0.717, 1.165) is 11.1 Å². The monoisotopic (exact) mass is 478 g/mol. The van der Waals surface area contributed by atoms with Crippen LogP contribution in [0.4, 0.5) is 10.2 Å². The summed E-state index contributed by atoms with van der Waals surface area (Å²) in [5, 5.41) is 26.9. The molecule has 0 unspecified atom stereocenters. The third-order valence-electron chi connectivity index (χ3n) is 5.02. The predicted octanol–water partition coefficient (Wildman–Crippen LogP) is 2.87. The number of amides is 1. The number of halogens is 2. The largest absolute Gasteiger partial charge is 0.363 e. The first-order valence-corrected chi connectivity index (χ1v) is 10.4. The van der Waals surface area contributed by atoms with Gasteiger partial charge in [-0.2, -0.15) is 10.3 Å². The second-order valence-electron chi connectivity index (χ2n) is 7.24. The van der Waals surface area contributed by atoms with E-state index in [0.29, 0.717) is 34.8 Å². The molecule has 3 aromatic heterocycles. The zero-order valence-electron chi connectivity index (χ0n) is 17.4. The van der Waals surface area contributed by atoms with Crippen LogP contribution < -0.4 is 10.6 Å². The number of aromatic nitrogens is 8. The lowest BCUT2D eigenvalue weighted by atomic mass is 10.1. The fraction of sp³-hybridized carbons (Fsp3) is 0.0952. The number of hydrogen-bond acceptors (Lipinski definition) is 8. The Morgan fingerprint density at radius 1 is 1.03 bits per heavy atom. The Hall–Kier alpha value is -4.45. The normalized spacial score (nSPS) is 11.0. The molecule has 4 N–H and O–H groups in total. The van der Waals surface area contributed by atoms with Crippen molar-refractivity contribution in [3.05, 3.63) is 76.5 Å². The van der Waals surface area contributed by atoms with Crippen molar-refractivity contribution in [1.29, 1.82) is 0 Å². The molecule has 0 aliphatic carbocycles. The summed E-state index contributed by atoms with van der Waals surface area (Å²) in [5.41, 5.74) is 3.51. The number of anilines is 1. The number of aromatic amines is 2. The maximum absolute atomic E-state index is 13.3. The molecule has 13 heteroatoms. The number of nitrogens with zero attached hydrogens (tertiary/aromatic N) is 6. The highest BCUT2D eigenvalue weighted by atomic mass is 35.5. The minimum Gasteiger partial charge on any atom is -0.363 e. The number of H-pyrrole nitrogens is 2. The highest BCUT2D eigenvalue weighted by Crippen LogP contribution is 2.21. The van der Waals surface area contributed by atoms with Crippen molar-refractivity contribution < 1.29 is 9.18 Å². The van der Waals surface area contributed by atoms with Crippen LogP contribution in [0.1, 0.15) is 21.6 Å². The second kappa shape index (κ2) is 9.19. The van der Waals surface area contributed by atoms with Gasteiger partial charge >= 0.3 is 0 Å². The van der Waals surface area contributed by atoms with E-state index in [9.17, 15) is 9.18 Å². The average molecular weight is 479 g/mol. The topological polar surface area (TPSA) is 150 Å². The Morgan fingerprint density at radius 2 is 1.85 bits per heavy atom. The number of fused-ring (bicyclic) bond motifs is 1. The Bertz CT molecular complexity index is 1450.